The van der Waals surface area contributed by atoms with Crippen LogP contribution in [0.3, 0.4) is 0 Å². The number of nitrogens with zero attached hydrogens (tertiary/aromatic N) is 2. The van der Waals surface area contributed by atoms with Gasteiger partial charge in [0.2, 0.25) is 5.75 Å². The number of nitro groups is 1. The molecule has 29 heavy (non-hydrogen) atoms. The number of carbonyl (C=O) groups excluding carboxylic acids is 2. The maximum atomic E-state index is 13.0. The fourth-order valence-corrected chi connectivity index (χ4v) is 3.33. The van der Waals surface area contributed by atoms with Crippen LogP contribution in [0.4, 0.5) is 11.4 Å². The zero-order valence-corrected chi connectivity index (χ0v) is 17.1. The Kier molecular flexibility index (Phi) is 5.62. The number of anilines is 1. The lowest BCUT2D eigenvalue weighted by Crippen LogP contribution is -2.54. The number of rotatable bonds is 4. The lowest BCUT2D eigenvalue weighted by molar-refractivity contribution is -0.386. The number of phenolic OH excluding ortho intramolecular Hbond substituents is 1. The molecule has 0 bridgehead atoms. The molecule has 2 amide bonds. The number of benzene rings is 2. The molecule has 2 aromatic carbocycles. The van der Waals surface area contributed by atoms with Gasteiger partial charge in [-0.25, -0.2) is 0 Å². The maximum Gasteiger partial charge on any atom is 0.315 e. The van der Waals surface area contributed by atoms with E-state index < -0.39 is 28.2 Å². The molecule has 1 heterocycles. The molecule has 0 radical (unpaired) electrons. The van der Waals surface area contributed by atoms with E-state index in [2.05, 4.69) is 21.2 Å². The molecule has 0 unspecified atom stereocenters. The summed E-state index contributed by atoms with van der Waals surface area (Å²) in [7, 11) is 1.22. The van der Waals surface area contributed by atoms with E-state index in [4.69, 9.17) is 17.0 Å². The number of hydrogen-bond acceptors (Lipinski definition) is 7. The van der Waals surface area contributed by atoms with E-state index in [1.165, 1.54) is 19.3 Å². The van der Waals surface area contributed by atoms with Crippen molar-refractivity contribution in [2.45, 2.75) is 0 Å². The third-order valence-corrected chi connectivity index (χ3v) is 4.75. The number of ether oxygens (including phenoxy) is 1. The van der Waals surface area contributed by atoms with E-state index in [0.717, 1.165) is 11.0 Å². The molecule has 11 heteroatoms. The normalized spacial score (nSPS) is 15.4. The van der Waals surface area contributed by atoms with Crippen LogP contribution in [0.5, 0.6) is 11.5 Å². The lowest BCUT2D eigenvalue weighted by Gasteiger charge is -2.29. The predicted molar refractivity (Wildman–Crippen MR) is 112 cm³/mol. The first-order valence-electron chi connectivity index (χ1n) is 7.95. The zero-order valence-electron chi connectivity index (χ0n) is 14.7. The highest BCUT2D eigenvalue weighted by atomic mass is 79.9. The molecular formula is C18H12BrN3O6S. The van der Waals surface area contributed by atoms with Crippen molar-refractivity contribution in [2.24, 2.45) is 0 Å². The monoisotopic (exact) mass is 477 g/mol. The largest absolute Gasteiger partial charge is 0.500 e. The highest BCUT2D eigenvalue weighted by Crippen LogP contribution is 2.37. The summed E-state index contributed by atoms with van der Waals surface area (Å²) in [6, 6.07) is 9.04. The smallest absolute Gasteiger partial charge is 0.315 e. The minimum atomic E-state index is -0.800. The van der Waals surface area contributed by atoms with Crippen LogP contribution < -0.4 is 15.0 Å². The summed E-state index contributed by atoms with van der Waals surface area (Å²) in [5.74, 6) is -2.28. The number of halogens is 1. The van der Waals surface area contributed by atoms with Crippen molar-refractivity contribution in [2.75, 3.05) is 12.0 Å². The molecule has 2 aromatic rings. The zero-order chi connectivity index (χ0) is 21.3. The van der Waals surface area contributed by atoms with E-state index in [1.807, 2.05) is 0 Å². The van der Waals surface area contributed by atoms with E-state index in [1.54, 1.807) is 24.3 Å². The summed E-state index contributed by atoms with van der Waals surface area (Å²) in [5.41, 5.74) is -0.374. The summed E-state index contributed by atoms with van der Waals surface area (Å²) in [4.78, 5) is 36.9. The van der Waals surface area contributed by atoms with Crippen molar-refractivity contribution in [1.29, 1.82) is 0 Å². The van der Waals surface area contributed by atoms with Crippen molar-refractivity contribution in [1.82, 2.24) is 5.32 Å². The van der Waals surface area contributed by atoms with Crippen LogP contribution in [0.1, 0.15) is 5.56 Å². The standard InChI is InChI=1S/C18H12BrN3O6S/c1-28-14-7-9(6-13(15(14)23)22(26)27)5-12-16(24)20-18(29)21(17(12)25)11-4-2-3-10(19)8-11/h2-8,23H,1H3,(H,20,24,29). The van der Waals surface area contributed by atoms with Crippen LogP contribution in [0.2, 0.25) is 0 Å². The third kappa shape index (κ3) is 3.96. The molecule has 0 saturated carbocycles. The van der Waals surface area contributed by atoms with Gasteiger partial charge in [0.05, 0.1) is 17.7 Å². The second kappa shape index (κ2) is 7.97. The second-order valence-corrected chi connectivity index (χ2v) is 7.09. The van der Waals surface area contributed by atoms with Crippen LogP contribution >= 0.6 is 28.1 Å². The van der Waals surface area contributed by atoms with E-state index in [9.17, 15) is 24.8 Å². The van der Waals surface area contributed by atoms with Crippen molar-refractivity contribution >= 4 is 62.5 Å². The van der Waals surface area contributed by atoms with Gasteiger partial charge in [-0.15, -0.1) is 0 Å². The molecule has 9 nitrogen and oxygen atoms in total. The molecule has 148 valence electrons. The van der Waals surface area contributed by atoms with Gasteiger partial charge in [0, 0.05) is 10.5 Å². The Bertz CT molecular complexity index is 1100. The summed E-state index contributed by atoms with van der Waals surface area (Å²) in [6.45, 7) is 0. The number of methoxy groups -OCH3 is 1. The Morgan fingerprint density at radius 1 is 1.31 bits per heavy atom. The molecule has 1 fully saturated rings. The van der Waals surface area contributed by atoms with E-state index >= 15 is 0 Å². The number of phenols is 1. The SMILES string of the molecule is COc1cc(C=C2C(=O)NC(=S)N(c3cccc(Br)c3)C2=O)cc([N+](=O)[O-])c1O. The van der Waals surface area contributed by atoms with E-state index in [0.29, 0.717) is 10.2 Å². The van der Waals surface area contributed by atoms with Crippen LogP contribution in [-0.2, 0) is 9.59 Å². The topological polar surface area (TPSA) is 122 Å². The van der Waals surface area contributed by atoms with Gasteiger partial charge in [-0.1, -0.05) is 22.0 Å². The first kappa shape index (κ1) is 20.4. The first-order chi connectivity index (χ1) is 13.7. The molecule has 0 aliphatic carbocycles. The number of amides is 2. The molecule has 0 atom stereocenters. The Morgan fingerprint density at radius 3 is 2.66 bits per heavy atom. The van der Waals surface area contributed by atoms with Gasteiger partial charge >= 0.3 is 5.69 Å². The molecular weight excluding hydrogens is 466 g/mol. The lowest BCUT2D eigenvalue weighted by atomic mass is 10.1. The van der Waals surface area contributed by atoms with Crippen LogP contribution in [0.25, 0.3) is 6.08 Å². The van der Waals surface area contributed by atoms with Gasteiger partial charge in [-0.05, 0) is 48.1 Å². The van der Waals surface area contributed by atoms with Gasteiger partial charge in [-0.2, -0.15) is 0 Å². The van der Waals surface area contributed by atoms with Crippen molar-refractivity contribution in [3.05, 3.63) is 62.1 Å². The second-order valence-electron chi connectivity index (χ2n) is 5.79. The number of nitrogens with one attached hydrogen (secondary N) is 1. The molecule has 3 rings (SSSR count). The molecule has 1 saturated heterocycles. The number of hydrogen-bond donors (Lipinski definition) is 2. The minimum absolute atomic E-state index is 0.0930. The maximum absolute atomic E-state index is 13.0. The molecule has 1 aliphatic heterocycles. The summed E-state index contributed by atoms with van der Waals surface area (Å²) in [5, 5.41) is 23.4. The number of aromatic hydroxyl groups is 1. The van der Waals surface area contributed by atoms with Crippen LogP contribution in [0.15, 0.2) is 46.4 Å². The van der Waals surface area contributed by atoms with Crippen molar-refractivity contribution < 1.29 is 24.4 Å². The van der Waals surface area contributed by atoms with Crippen molar-refractivity contribution in [3.8, 4) is 11.5 Å². The predicted octanol–water partition coefficient (Wildman–Crippen LogP) is 2.90. The summed E-state index contributed by atoms with van der Waals surface area (Å²) in [6.07, 6.45) is 1.17. The van der Waals surface area contributed by atoms with Gasteiger partial charge < -0.3 is 9.84 Å². The average Bonchev–Trinajstić information content (AvgIpc) is 2.65. The Labute approximate surface area is 177 Å². The molecule has 1 aliphatic rings. The van der Waals surface area contributed by atoms with Gasteiger partial charge in [-0.3, -0.25) is 29.9 Å². The van der Waals surface area contributed by atoms with Gasteiger partial charge in [0.1, 0.15) is 5.57 Å². The Morgan fingerprint density at radius 2 is 2.03 bits per heavy atom. The first-order valence-corrected chi connectivity index (χ1v) is 9.15. The van der Waals surface area contributed by atoms with Crippen LogP contribution in [0, 0.1) is 10.1 Å². The summed E-state index contributed by atoms with van der Waals surface area (Å²) < 4.78 is 5.64. The fourth-order valence-electron chi connectivity index (χ4n) is 2.67. The van der Waals surface area contributed by atoms with Crippen LogP contribution in [-0.4, -0.2) is 34.1 Å². The fraction of sp³-hybridized carbons (Fsp3) is 0.0556. The Balaban J connectivity index is 2.10. The van der Waals surface area contributed by atoms with E-state index in [-0.39, 0.29) is 22.0 Å². The average molecular weight is 478 g/mol. The Hall–Kier alpha value is -3.31. The van der Waals surface area contributed by atoms with Crippen molar-refractivity contribution in [3.63, 3.8) is 0 Å². The summed E-state index contributed by atoms with van der Waals surface area (Å²) >= 11 is 8.43. The molecule has 2 N–H and O–H groups in total. The highest BCUT2D eigenvalue weighted by Gasteiger charge is 2.34. The number of nitro benzene ring substituents is 1. The highest BCUT2D eigenvalue weighted by molar-refractivity contribution is 9.10. The quantitative estimate of drug-likeness (QED) is 0.228. The molecule has 0 spiro atoms. The van der Waals surface area contributed by atoms with Gasteiger partial charge in [0.15, 0.2) is 10.9 Å². The molecule has 0 aromatic heterocycles. The number of carbonyl (C=O) groups is 2. The third-order valence-electron chi connectivity index (χ3n) is 3.97. The number of thiocarbonyl (C=S) groups is 1. The van der Waals surface area contributed by atoms with Gasteiger partial charge in [0.25, 0.3) is 11.8 Å². The minimum Gasteiger partial charge on any atom is -0.500 e.